The zero-order valence-electron chi connectivity index (χ0n) is 30.3. The maximum Gasteiger partial charge on any atom is 0.0546 e. The second-order valence-electron chi connectivity index (χ2n) is 15.3. The molecule has 0 fully saturated rings. The summed E-state index contributed by atoms with van der Waals surface area (Å²) in [4.78, 5) is 2.55. The van der Waals surface area contributed by atoms with E-state index in [4.69, 9.17) is 0 Å². The second kappa shape index (κ2) is 11.7. The summed E-state index contributed by atoms with van der Waals surface area (Å²) in [5, 5.41) is 12.5. The number of rotatable bonds is 4. The van der Waals surface area contributed by atoms with Crippen LogP contribution in [0.3, 0.4) is 0 Å². The Morgan fingerprint density at radius 2 is 0.907 bits per heavy atom. The number of fused-ring (bicyclic) bond motifs is 9. The minimum atomic E-state index is -0.177. The van der Waals surface area contributed by atoms with Crippen LogP contribution in [0.4, 0.5) is 17.1 Å². The standard InChI is InChI=1S/C53H37N/c1-53(2)48-31-37-17-4-3-16-36(37)30-47(48)44-28-27-39(33-49(44)53)54(51-32-38-18-7-9-21-41(38)43-23-11-12-24-45(43)51)50-29-26-35-15-6-10-22-42(35)52(50)46-25-13-19-34-14-5-8-20-40(34)46/h3-33H,1-2H3. The number of nitrogens with zero attached hydrogens (tertiary/aromatic N) is 1. The number of benzene rings is 10. The van der Waals surface area contributed by atoms with E-state index in [1.54, 1.807) is 0 Å². The first-order valence-electron chi connectivity index (χ1n) is 18.9. The molecule has 1 aliphatic carbocycles. The highest BCUT2D eigenvalue weighted by atomic mass is 15.1. The third-order valence-electron chi connectivity index (χ3n) is 12.0. The van der Waals surface area contributed by atoms with Crippen molar-refractivity contribution in [1.29, 1.82) is 0 Å². The highest BCUT2D eigenvalue weighted by molar-refractivity contribution is 6.17. The van der Waals surface area contributed by atoms with Crippen molar-refractivity contribution >= 4 is 70.9 Å². The van der Waals surface area contributed by atoms with Crippen LogP contribution >= 0.6 is 0 Å². The Morgan fingerprint density at radius 1 is 0.333 bits per heavy atom. The largest absolute Gasteiger partial charge is 0.309 e. The van der Waals surface area contributed by atoms with E-state index in [2.05, 4.69) is 207 Å². The molecule has 0 saturated heterocycles. The molecule has 10 aromatic rings. The number of hydrogen-bond donors (Lipinski definition) is 0. The summed E-state index contributed by atoms with van der Waals surface area (Å²) in [6, 6.07) is 69.9. The molecule has 0 N–H and O–H groups in total. The minimum absolute atomic E-state index is 0.177. The van der Waals surface area contributed by atoms with E-state index < -0.39 is 0 Å². The Bertz CT molecular complexity index is 3140. The Labute approximate surface area is 315 Å². The van der Waals surface area contributed by atoms with Crippen LogP contribution in [-0.4, -0.2) is 0 Å². The Morgan fingerprint density at radius 3 is 1.69 bits per heavy atom. The summed E-state index contributed by atoms with van der Waals surface area (Å²) in [5.41, 5.74) is 11.2. The molecule has 0 atom stereocenters. The van der Waals surface area contributed by atoms with Gasteiger partial charge < -0.3 is 4.90 Å². The van der Waals surface area contributed by atoms with Crippen molar-refractivity contribution < 1.29 is 0 Å². The lowest BCUT2D eigenvalue weighted by molar-refractivity contribution is 0.661. The third kappa shape index (κ3) is 4.52. The zero-order valence-corrected chi connectivity index (χ0v) is 30.3. The van der Waals surface area contributed by atoms with Crippen molar-refractivity contribution in [3.05, 3.63) is 199 Å². The van der Waals surface area contributed by atoms with E-state index in [0.717, 1.165) is 11.4 Å². The molecule has 0 spiro atoms. The first-order valence-corrected chi connectivity index (χ1v) is 18.9. The van der Waals surface area contributed by atoms with E-state index in [1.807, 2.05) is 0 Å². The summed E-state index contributed by atoms with van der Waals surface area (Å²) in [5.74, 6) is 0. The van der Waals surface area contributed by atoms with E-state index >= 15 is 0 Å². The molecule has 10 aromatic carbocycles. The Balaban J connectivity index is 1.25. The molecule has 11 rings (SSSR count). The summed E-state index contributed by atoms with van der Waals surface area (Å²) in [6.07, 6.45) is 0. The predicted octanol–water partition coefficient (Wildman–Crippen LogP) is 14.9. The van der Waals surface area contributed by atoms with E-state index in [-0.39, 0.29) is 5.41 Å². The lowest BCUT2D eigenvalue weighted by Crippen LogP contribution is -2.17. The molecule has 0 heterocycles. The second-order valence-corrected chi connectivity index (χ2v) is 15.3. The summed E-state index contributed by atoms with van der Waals surface area (Å²) < 4.78 is 0. The van der Waals surface area contributed by atoms with Gasteiger partial charge in [0.25, 0.3) is 0 Å². The number of hydrogen-bond acceptors (Lipinski definition) is 1. The van der Waals surface area contributed by atoms with Crippen LogP contribution in [0, 0.1) is 0 Å². The molecule has 0 aromatic heterocycles. The maximum absolute atomic E-state index is 2.55. The van der Waals surface area contributed by atoms with E-state index in [1.165, 1.54) is 92.9 Å². The first kappa shape index (κ1) is 30.9. The molecule has 0 unspecified atom stereocenters. The van der Waals surface area contributed by atoms with Gasteiger partial charge in [-0.25, -0.2) is 0 Å². The van der Waals surface area contributed by atoms with Crippen molar-refractivity contribution in [3.8, 4) is 22.3 Å². The Hall–Kier alpha value is -6.70. The molecule has 254 valence electrons. The zero-order chi connectivity index (χ0) is 36.0. The Kier molecular flexibility index (Phi) is 6.66. The molecule has 1 aliphatic rings. The molecule has 1 nitrogen and oxygen atoms in total. The average molecular weight is 688 g/mol. The van der Waals surface area contributed by atoms with Crippen molar-refractivity contribution in [2.75, 3.05) is 4.90 Å². The van der Waals surface area contributed by atoms with Gasteiger partial charge in [0.2, 0.25) is 0 Å². The highest BCUT2D eigenvalue weighted by Crippen LogP contribution is 2.54. The van der Waals surface area contributed by atoms with Gasteiger partial charge in [0, 0.05) is 22.1 Å². The van der Waals surface area contributed by atoms with Crippen molar-refractivity contribution in [2.24, 2.45) is 0 Å². The van der Waals surface area contributed by atoms with Crippen LogP contribution in [0.15, 0.2) is 188 Å². The summed E-state index contributed by atoms with van der Waals surface area (Å²) in [6.45, 7) is 4.78. The molecular weight excluding hydrogens is 651 g/mol. The summed E-state index contributed by atoms with van der Waals surface area (Å²) >= 11 is 0. The van der Waals surface area contributed by atoms with Crippen LogP contribution in [0.5, 0.6) is 0 Å². The van der Waals surface area contributed by atoms with Gasteiger partial charge in [-0.15, -0.1) is 0 Å². The minimum Gasteiger partial charge on any atom is -0.309 e. The van der Waals surface area contributed by atoms with Gasteiger partial charge in [0.05, 0.1) is 11.4 Å². The van der Waals surface area contributed by atoms with Gasteiger partial charge in [-0.2, -0.15) is 0 Å². The molecule has 0 amide bonds. The molecule has 54 heavy (non-hydrogen) atoms. The van der Waals surface area contributed by atoms with Crippen molar-refractivity contribution in [3.63, 3.8) is 0 Å². The smallest absolute Gasteiger partial charge is 0.0546 e. The molecular formula is C53H37N. The quantitative estimate of drug-likeness (QED) is 0.167. The third-order valence-corrected chi connectivity index (χ3v) is 12.0. The normalized spacial score (nSPS) is 13.1. The molecule has 0 bridgehead atoms. The lowest BCUT2D eigenvalue weighted by atomic mass is 9.81. The van der Waals surface area contributed by atoms with Crippen LogP contribution < -0.4 is 4.90 Å². The average Bonchev–Trinajstić information content (AvgIpc) is 3.44. The number of anilines is 3. The van der Waals surface area contributed by atoms with Gasteiger partial charge in [0.1, 0.15) is 0 Å². The predicted molar refractivity (Wildman–Crippen MR) is 232 cm³/mol. The van der Waals surface area contributed by atoms with Gasteiger partial charge in [-0.3, -0.25) is 0 Å². The molecule has 0 aliphatic heterocycles. The van der Waals surface area contributed by atoms with Gasteiger partial charge in [-0.05, 0) is 113 Å². The fourth-order valence-corrected chi connectivity index (χ4v) is 9.35. The van der Waals surface area contributed by atoms with Crippen molar-refractivity contribution in [1.82, 2.24) is 0 Å². The molecule has 0 saturated carbocycles. The van der Waals surface area contributed by atoms with Gasteiger partial charge in [0.15, 0.2) is 0 Å². The molecule has 0 radical (unpaired) electrons. The highest BCUT2D eigenvalue weighted by Gasteiger charge is 2.37. The van der Waals surface area contributed by atoms with Crippen LogP contribution in [0.2, 0.25) is 0 Å². The van der Waals surface area contributed by atoms with E-state index in [9.17, 15) is 0 Å². The van der Waals surface area contributed by atoms with Crippen molar-refractivity contribution in [2.45, 2.75) is 19.3 Å². The monoisotopic (exact) mass is 687 g/mol. The summed E-state index contributed by atoms with van der Waals surface area (Å²) in [7, 11) is 0. The topological polar surface area (TPSA) is 3.24 Å². The van der Waals surface area contributed by atoms with E-state index in [0.29, 0.717) is 0 Å². The van der Waals surface area contributed by atoms with Crippen LogP contribution in [0.1, 0.15) is 25.0 Å². The maximum atomic E-state index is 2.55. The van der Waals surface area contributed by atoms with Gasteiger partial charge in [-0.1, -0.05) is 166 Å². The van der Waals surface area contributed by atoms with Crippen LogP contribution in [-0.2, 0) is 5.41 Å². The first-order chi connectivity index (χ1) is 26.5. The van der Waals surface area contributed by atoms with Gasteiger partial charge >= 0.3 is 0 Å². The molecule has 1 heteroatoms. The fourth-order valence-electron chi connectivity index (χ4n) is 9.35. The fraction of sp³-hybridized carbons (Fsp3) is 0.0566. The SMILES string of the molecule is CC1(C)c2cc(N(c3ccc4ccccc4c3-c3cccc4ccccc34)c3cc4ccccc4c4ccccc34)ccc2-c2cc3ccccc3cc21. The lowest BCUT2D eigenvalue weighted by Gasteiger charge is -2.32. The van der Waals surface area contributed by atoms with Crippen LogP contribution in [0.25, 0.3) is 76.1 Å².